The van der Waals surface area contributed by atoms with E-state index in [2.05, 4.69) is 0 Å². The quantitative estimate of drug-likeness (QED) is 0.811. The zero-order valence-corrected chi connectivity index (χ0v) is 12.7. The van der Waals surface area contributed by atoms with Crippen molar-refractivity contribution in [3.05, 3.63) is 59.7 Å². The topological polar surface area (TPSA) is 44.8 Å². The highest BCUT2D eigenvalue weighted by molar-refractivity contribution is 5.82. The van der Waals surface area contributed by atoms with Crippen molar-refractivity contribution in [2.75, 3.05) is 6.79 Å². The zero-order chi connectivity index (χ0) is 15.6. The molecule has 0 fully saturated rings. The van der Waals surface area contributed by atoms with Gasteiger partial charge in [-0.05, 0) is 37.1 Å². The Hall–Kier alpha value is -2.49. The summed E-state index contributed by atoms with van der Waals surface area (Å²) in [4.78, 5) is 12.4. The maximum absolute atomic E-state index is 12.4. The lowest BCUT2D eigenvalue weighted by Crippen LogP contribution is -2.30. The monoisotopic (exact) mass is 298 g/mol. The standard InChI is InChI=1S/C18H18O4/c1-18(2,14-6-4-3-5-7-14)17(19)20-11-13-8-9-15-16(10-13)22-12-21-15/h3-10H,11-12H2,1-2H3. The van der Waals surface area contributed by atoms with E-state index in [1.54, 1.807) is 0 Å². The Morgan fingerprint density at radius 2 is 1.82 bits per heavy atom. The maximum Gasteiger partial charge on any atom is 0.316 e. The molecule has 0 amide bonds. The van der Waals surface area contributed by atoms with E-state index in [1.165, 1.54) is 0 Å². The first-order valence-corrected chi connectivity index (χ1v) is 7.18. The second kappa shape index (κ2) is 5.72. The Morgan fingerprint density at radius 1 is 1.09 bits per heavy atom. The third-order valence-electron chi connectivity index (χ3n) is 3.81. The minimum absolute atomic E-state index is 0.214. The molecule has 4 nitrogen and oxygen atoms in total. The Bertz CT molecular complexity index is 677. The molecular weight excluding hydrogens is 280 g/mol. The van der Waals surface area contributed by atoms with Gasteiger partial charge in [-0.1, -0.05) is 36.4 Å². The fourth-order valence-electron chi connectivity index (χ4n) is 2.33. The molecule has 2 aromatic carbocycles. The first kappa shape index (κ1) is 14.4. The highest BCUT2D eigenvalue weighted by Crippen LogP contribution is 2.33. The van der Waals surface area contributed by atoms with Crippen molar-refractivity contribution < 1.29 is 19.0 Å². The van der Waals surface area contributed by atoms with E-state index in [9.17, 15) is 4.79 Å². The molecule has 114 valence electrons. The van der Waals surface area contributed by atoms with E-state index in [-0.39, 0.29) is 19.4 Å². The van der Waals surface area contributed by atoms with Crippen LogP contribution in [0.25, 0.3) is 0 Å². The van der Waals surface area contributed by atoms with Gasteiger partial charge >= 0.3 is 5.97 Å². The van der Waals surface area contributed by atoms with Gasteiger partial charge in [-0.15, -0.1) is 0 Å². The number of ether oxygens (including phenoxy) is 3. The Labute approximate surface area is 129 Å². The second-order valence-corrected chi connectivity index (χ2v) is 5.75. The van der Waals surface area contributed by atoms with Crippen LogP contribution in [0, 0.1) is 0 Å². The number of hydrogen-bond acceptors (Lipinski definition) is 4. The Morgan fingerprint density at radius 3 is 2.59 bits per heavy atom. The fraction of sp³-hybridized carbons (Fsp3) is 0.278. The van der Waals surface area contributed by atoms with Crippen molar-refractivity contribution in [3.8, 4) is 11.5 Å². The zero-order valence-electron chi connectivity index (χ0n) is 12.7. The van der Waals surface area contributed by atoms with Crippen molar-refractivity contribution in [2.24, 2.45) is 0 Å². The van der Waals surface area contributed by atoms with E-state index in [4.69, 9.17) is 14.2 Å². The summed E-state index contributed by atoms with van der Waals surface area (Å²) in [5.74, 6) is 1.16. The number of benzene rings is 2. The second-order valence-electron chi connectivity index (χ2n) is 5.75. The Kier molecular flexibility index (Phi) is 3.75. The first-order chi connectivity index (χ1) is 10.6. The van der Waals surface area contributed by atoms with Crippen molar-refractivity contribution in [3.63, 3.8) is 0 Å². The van der Waals surface area contributed by atoms with Crippen LogP contribution in [0.1, 0.15) is 25.0 Å². The molecule has 0 N–H and O–H groups in total. The molecule has 0 aliphatic carbocycles. The summed E-state index contributed by atoms with van der Waals surface area (Å²) in [7, 11) is 0. The molecule has 0 saturated carbocycles. The third-order valence-corrected chi connectivity index (χ3v) is 3.81. The normalized spacial score (nSPS) is 13.0. The molecule has 3 rings (SSSR count). The van der Waals surface area contributed by atoms with Crippen LogP contribution < -0.4 is 9.47 Å². The van der Waals surface area contributed by atoms with Gasteiger partial charge in [0.2, 0.25) is 6.79 Å². The molecule has 22 heavy (non-hydrogen) atoms. The summed E-state index contributed by atoms with van der Waals surface area (Å²) in [5.41, 5.74) is 1.13. The molecule has 0 atom stereocenters. The average molecular weight is 298 g/mol. The first-order valence-electron chi connectivity index (χ1n) is 7.18. The lowest BCUT2D eigenvalue weighted by atomic mass is 9.85. The molecule has 0 aromatic heterocycles. The largest absolute Gasteiger partial charge is 0.460 e. The molecule has 0 spiro atoms. The number of hydrogen-bond donors (Lipinski definition) is 0. The summed E-state index contributed by atoms with van der Waals surface area (Å²) < 4.78 is 16.1. The summed E-state index contributed by atoms with van der Waals surface area (Å²) in [5, 5.41) is 0. The molecule has 1 aliphatic rings. The Balaban J connectivity index is 1.67. The summed E-state index contributed by atoms with van der Waals surface area (Å²) in [6.07, 6.45) is 0. The average Bonchev–Trinajstić information content (AvgIpc) is 3.01. The third kappa shape index (κ3) is 2.77. The van der Waals surface area contributed by atoms with Crippen molar-refractivity contribution in [2.45, 2.75) is 25.9 Å². The van der Waals surface area contributed by atoms with Crippen LogP contribution in [0.5, 0.6) is 11.5 Å². The summed E-state index contributed by atoms with van der Waals surface area (Å²) >= 11 is 0. The van der Waals surface area contributed by atoms with Crippen molar-refractivity contribution in [1.29, 1.82) is 0 Å². The van der Waals surface area contributed by atoms with E-state index in [0.717, 1.165) is 16.9 Å². The number of esters is 1. The number of carbonyl (C=O) groups is 1. The van der Waals surface area contributed by atoms with Crippen LogP contribution in [-0.4, -0.2) is 12.8 Å². The number of fused-ring (bicyclic) bond motifs is 1. The van der Waals surface area contributed by atoms with Crippen molar-refractivity contribution in [1.82, 2.24) is 0 Å². The van der Waals surface area contributed by atoms with Gasteiger partial charge in [0.25, 0.3) is 0 Å². The highest BCUT2D eigenvalue weighted by atomic mass is 16.7. The van der Waals surface area contributed by atoms with E-state index in [1.807, 2.05) is 62.4 Å². The predicted molar refractivity (Wildman–Crippen MR) is 81.8 cm³/mol. The molecule has 1 aliphatic heterocycles. The van der Waals surface area contributed by atoms with Crippen molar-refractivity contribution >= 4 is 5.97 Å². The lowest BCUT2D eigenvalue weighted by Gasteiger charge is -2.23. The minimum Gasteiger partial charge on any atom is -0.460 e. The lowest BCUT2D eigenvalue weighted by molar-refractivity contribution is -0.150. The molecular formula is C18H18O4. The van der Waals surface area contributed by atoms with Crippen LogP contribution in [0.3, 0.4) is 0 Å². The van der Waals surface area contributed by atoms with Gasteiger partial charge in [0.1, 0.15) is 6.61 Å². The van der Waals surface area contributed by atoms with Gasteiger partial charge in [-0.2, -0.15) is 0 Å². The molecule has 0 saturated heterocycles. The fourth-order valence-corrected chi connectivity index (χ4v) is 2.33. The van der Waals surface area contributed by atoms with Crippen LogP contribution in [0.2, 0.25) is 0 Å². The van der Waals surface area contributed by atoms with E-state index in [0.29, 0.717) is 5.75 Å². The number of rotatable bonds is 4. The maximum atomic E-state index is 12.4. The summed E-state index contributed by atoms with van der Waals surface area (Å²) in [6.45, 7) is 4.18. The van der Waals surface area contributed by atoms with Gasteiger partial charge in [-0.3, -0.25) is 4.79 Å². The van der Waals surface area contributed by atoms with Gasteiger partial charge in [0, 0.05) is 0 Å². The van der Waals surface area contributed by atoms with Crippen LogP contribution in [0.15, 0.2) is 48.5 Å². The minimum atomic E-state index is -0.683. The van der Waals surface area contributed by atoms with E-state index < -0.39 is 5.41 Å². The van der Waals surface area contributed by atoms with E-state index >= 15 is 0 Å². The van der Waals surface area contributed by atoms with Crippen LogP contribution in [-0.2, 0) is 21.6 Å². The molecule has 0 radical (unpaired) electrons. The molecule has 4 heteroatoms. The van der Waals surface area contributed by atoms with Gasteiger partial charge in [0.05, 0.1) is 5.41 Å². The van der Waals surface area contributed by atoms with Gasteiger partial charge < -0.3 is 14.2 Å². The summed E-state index contributed by atoms with van der Waals surface area (Å²) in [6, 6.07) is 15.2. The predicted octanol–water partition coefficient (Wildman–Crippen LogP) is 3.44. The van der Waals surface area contributed by atoms with Crippen LogP contribution >= 0.6 is 0 Å². The molecule has 0 unspecified atom stereocenters. The molecule has 2 aromatic rings. The van der Waals surface area contributed by atoms with Gasteiger partial charge in [-0.25, -0.2) is 0 Å². The van der Waals surface area contributed by atoms with Gasteiger partial charge in [0.15, 0.2) is 11.5 Å². The SMILES string of the molecule is CC(C)(C(=O)OCc1ccc2c(c1)OCO2)c1ccccc1. The highest BCUT2D eigenvalue weighted by Gasteiger charge is 2.31. The van der Waals surface area contributed by atoms with Crippen LogP contribution in [0.4, 0.5) is 0 Å². The smallest absolute Gasteiger partial charge is 0.316 e. The molecule has 0 bridgehead atoms. The number of carbonyl (C=O) groups excluding carboxylic acids is 1. The molecule has 1 heterocycles.